The molecule has 0 amide bonds. The number of hydrogen-bond donors (Lipinski definition) is 1. The van der Waals surface area contributed by atoms with Gasteiger partial charge in [0.15, 0.2) is 0 Å². The maximum atomic E-state index is 10.1. The molecule has 3 nitrogen and oxygen atoms in total. The van der Waals surface area contributed by atoms with Gasteiger partial charge >= 0.3 is 5.97 Å². The molecule has 0 heterocycles. The fraction of sp³-hybridized carbons (Fsp3) is 0.600. The van der Waals surface area contributed by atoms with Gasteiger partial charge in [-0.1, -0.05) is 23.0 Å². The molecular weight excluding hydrogens is 202 g/mol. The Kier molecular flexibility index (Phi) is 5.71. The van der Waals surface area contributed by atoms with E-state index in [0.717, 1.165) is 0 Å². The second-order valence-electron chi connectivity index (χ2n) is 1.90. The van der Waals surface area contributed by atoms with E-state index in [1.807, 2.05) is 14.1 Å². The zero-order chi connectivity index (χ0) is 8.85. The molecule has 0 saturated heterocycles. The van der Waals surface area contributed by atoms with E-state index in [0.29, 0.717) is 4.32 Å². The van der Waals surface area contributed by atoms with Gasteiger partial charge in [-0.3, -0.25) is 4.79 Å². The van der Waals surface area contributed by atoms with E-state index >= 15 is 0 Å². The van der Waals surface area contributed by atoms with Crippen LogP contribution in [-0.4, -0.2) is 40.1 Å². The first-order chi connectivity index (χ1) is 5.04. The van der Waals surface area contributed by atoms with E-state index in [-0.39, 0.29) is 5.75 Å². The molecule has 0 aliphatic rings. The van der Waals surface area contributed by atoms with Gasteiger partial charge in [0.25, 0.3) is 0 Å². The average Bonchev–Trinajstić information content (AvgIpc) is 1.86. The Morgan fingerprint density at radius 1 is 1.64 bits per heavy atom. The lowest BCUT2D eigenvalue weighted by molar-refractivity contribution is -0.133. The summed E-state index contributed by atoms with van der Waals surface area (Å²) in [4.78, 5) is 11.8. The molecule has 0 aromatic rings. The number of hydrogen-bond acceptors (Lipinski definition) is 4. The molecule has 0 aromatic carbocycles. The van der Waals surface area contributed by atoms with Crippen molar-refractivity contribution in [2.75, 3.05) is 19.8 Å². The zero-order valence-electron chi connectivity index (χ0n) is 6.23. The fourth-order valence-electron chi connectivity index (χ4n) is 0.205. The minimum Gasteiger partial charge on any atom is -0.481 e. The highest BCUT2D eigenvalue weighted by molar-refractivity contribution is 8.83. The van der Waals surface area contributed by atoms with Crippen molar-refractivity contribution in [3.8, 4) is 0 Å². The van der Waals surface area contributed by atoms with E-state index in [1.54, 1.807) is 4.90 Å². The van der Waals surface area contributed by atoms with Crippen LogP contribution in [0.25, 0.3) is 0 Å². The highest BCUT2D eigenvalue weighted by Crippen LogP contribution is 2.23. The van der Waals surface area contributed by atoms with Gasteiger partial charge in [0, 0.05) is 14.1 Å². The quantitative estimate of drug-likeness (QED) is 0.560. The van der Waals surface area contributed by atoms with Gasteiger partial charge in [-0.2, -0.15) is 0 Å². The van der Waals surface area contributed by atoms with Crippen molar-refractivity contribution < 1.29 is 9.90 Å². The normalized spacial score (nSPS) is 9.27. The summed E-state index contributed by atoms with van der Waals surface area (Å²) in [5, 5.41) is 8.27. The topological polar surface area (TPSA) is 40.5 Å². The van der Waals surface area contributed by atoms with Gasteiger partial charge < -0.3 is 10.0 Å². The number of carboxylic acid groups (broad SMARTS) is 1. The van der Waals surface area contributed by atoms with Crippen LogP contribution in [0.15, 0.2) is 0 Å². The van der Waals surface area contributed by atoms with E-state index < -0.39 is 5.97 Å². The molecule has 0 atom stereocenters. The molecular formula is C5H9NO2S3. The van der Waals surface area contributed by atoms with E-state index in [1.165, 1.54) is 21.6 Å². The van der Waals surface area contributed by atoms with Crippen LogP contribution in [0.4, 0.5) is 0 Å². The first-order valence-corrected chi connectivity index (χ1v) is 5.49. The molecule has 0 rings (SSSR count). The van der Waals surface area contributed by atoms with Crippen molar-refractivity contribution in [2.24, 2.45) is 0 Å². The van der Waals surface area contributed by atoms with Crippen LogP contribution in [0, 0.1) is 0 Å². The monoisotopic (exact) mass is 211 g/mol. The van der Waals surface area contributed by atoms with E-state index in [2.05, 4.69) is 0 Å². The van der Waals surface area contributed by atoms with Gasteiger partial charge in [-0.05, 0) is 10.8 Å². The van der Waals surface area contributed by atoms with Crippen LogP contribution < -0.4 is 0 Å². The summed E-state index contributed by atoms with van der Waals surface area (Å²) in [6.07, 6.45) is 0. The smallest absolute Gasteiger partial charge is 0.314 e. The second-order valence-corrected chi connectivity index (χ2v) is 4.83. The van der Waals surface area contributed by atoms with Gasteiger partial charge in [0.2, 0.25) is 0 Å². The Bertz CT molecular complexity index is 160. The summed E-state index contributed by atoms with van der Waals surface area (Å²) in [6, 6.07) is 0. The lowest BCUT2D eigenvalue weighted by atomic mass is 10.8. The number of rotatable bonds is 3. The summed E-state index contributed by atoms with van der Waals surface area (Å²) in [6.45, 7) is 0. The molecule has 6 heteroatoms. The van der Waals surface area contributed by atoms with Crippen LogP contribution >= 0.6 is 33.8 Å². The number of carbonyl (C=O) groups is 1. The standard InChI is InChI=1S/C5H9NO2S3/c1-6(2)5(9)11-10-3-4(7)8/h3H2,1-2H3,(H,7,8). The van der Waals surface area contributed by atoms with Crippen molar-refractivity contribution in [3.63, 3.8) is 0 Å². The third kappa shape index (κ3) is 6.46. The Labute approximate surface area is 78.9 Å². The molecule has 64 valence electrons. The molecule has 0 aliphatic carbocycles. The lowest BCUT2D eigenvalue weighted by Crippen LogP contribution is -2.15. The molecule has 0 fully saturated rings. The number of carboxylic acids is 1. The predicted molar refractivity (Wildman–Crippen MR) is 54.0 cm³/mol. The molecule has 11 heavy (non-hydrogen) atoms. The van der Waals surface area contributed by atoms with Crippen LogP contribution in [-0.2, 0) is 4.79 Å². The SMILES string of the molecule is CN(C)C(=S)SSCC(=O)O. The number of aliphatic carboxylic acids is 1. The third-order valence-corrected chi connectivity index (χ3v) is 3.78. The highest BCUT2D eigenvalue weighted by Gasteiger charge is 2.02. The fourth-order valence-corrected chi connectivity index (χ4v) is 2.28. The molecule has 0 aromatic heterocycles. The average molecular weight is 211 g/mol. The van der Waals surface area contributed by atoms with E-state index in [4.69, 9.17) is 17.3 Å². The number of nitrogens with zero attached hydrogens (tertiary/aromatic N) is 1. The van der Waals surface area contributed by atoms with Gasteiger partial charge in [0.05, 0.1) is 0 Å². The Morgan fingerprint density at radius 2 is 2.18 bits per heavy atom. The summed E-state index contributed by atoms with van der Waals surface area (Å²) in [7, 11) is 6.20. The second kappa shape index (κ2) is 5.68. The largest absolute Gasteiger partial charge is 0.481 e. The summed E-state index contributed by atoms with van der Waals surface area (Å²) in [5.41, 5.74) is 0. The molecule has 0 bridgehead atoms. The molecule has 0 spiro atoms. The first-order valence-electron chi connectivity index (χ1n) is 2.76. The predicted octanol–water partition coefficient (Wildman–Crippen LogP) is 1.30. The summed E-state index contributed by atoms with van der Waals surface area (Å²) < 4.78 is 0.691. The van der Waals surface area contributed by atoms with Crippen LogP contribution in [0.5, 0.6) is 0 Å². The number of thiocarbonyl (C=S) groups is 1. The molecule has 0 aliphatic heterocycles. The van der Waals surface area contributed by atoms with Gasteiger partial charge in [-0.25, -0.2) is 0 Å². The maximum Gasteiger partial charge on any atom is 0.314 e. The van der Waals surface area contributed by atoms with Crippen molar-refractivity contribution in [2.45, 2.75) is 0 Å². The van der Waals surface area contributed by atoms with Crippen LogP contribution in [0.3, 0.4) is 0 Å². The van der Waals surface area contributed by atoms with Crippen molar-refractivity contribution >= 4 is 44.1 Å². The highest BCUT2D eigenvalue weighted by atomic mass is 33.1. The van der Waals surface area contributed by atoms with Crippen molar-refractivity contribution in [1.82, 2.24) is 4.90 Å². The minimum atomic E-state index is -0.816. The van der Waals surface area contributed by atoms with Crippen molar-refractivity contribution in [3.05, 3.63) is 0 Å². The Morgan fingerprint density at radius 3 is 2.55 bits per heavy atom. The van der Waals surface area contributed by atoms with Gasteiger partial charge in [-0.15, -0.1) is 0 Å². The van der Waals surface area contributed by atoms with Crippen LogP contribution in [0.1, 0.15) is 0 Å². The minimum absolute atomic E-state index is 0.0820. The lowest BCUT2D eigenvalue weighted by Gasteiger charge is -2.10. The molecule has 0 radical (unpaired) electrons. The van der Waals surface area contributed by atoms with Gasteiger partial charge in [0.1, 0.15) is 10.1 Å². The molecule has 0 saturated carbocycles. The first kappa shape index (κ1) is 11.1. The molecule has 0 unspecified atom stereocenters. The van der Waals surface area contributed by atoms with Crippen molar-refractivity contribution in [1.29, 1.82) is 0 Å². The summed E-state index contributed by atoms with van der Waals surface area (Å²) in [5.74, 6) is -0.734. The Balaban J connectivity index is 3.39. The summed E-state index contributed by atoms with van der Waals surface area (Å²) >= 11 is 4.91. The maximum absolute atomic E-state index is 10.1. The third-order valence-electron chi connectivity index (χ3n) is 0.678. The molecule has 1 N–H and O–H groups in total. The Hall–Kier alpha value is 0.0600. The zero-order valence-corrected chi connectivity index (χ0v) is 8.68. The van der Waals surface area contributed by atoms with Crippen LogP contribution in [0.2, 0.25) is 0 Å². The van der Waals surface area contributed by atoms with E-state index in [9.17, 15) is 4.79 Å².